The molecule has 1 unspecified atom stereocenters. The van der Waals surface area contributed by atoms with Gasteiger partial charge in [-0.3, -0.25) is 0 Å². The van der Waals surface area contributed by atoms with Crippen molar-refractivity contribution in [3.05, 3.63) is 18.1 Å². The summed E-state index contributed by atoms with van der Waals surface area (Å²) in [5.74, 6) is 2.07. The van der Waals surface area contributed by atoms with Gasteiger partial charge in [0, 0.05) is 24.1 Å². The zero-order chi connectivity index (χ0) is 12.3. The minimum absolute atomic E-state index is 0.296. The van der Waals surface area contributed by atoms with E-state index in [1.54, 1.807) is 12.4 Å². The van der Waals surface area contributed by atoms with Crippen molar-refractivity contribution >= 4 is 34.8 Å². The maximum Gasteiger partial charge on any atom is 0.147 e. The molecule has 0 amide bonds. The van der Waals surface area contributed by atoms with E-state index < -0.39 is 0 Å². The molecule has 1 aliphatic heterocycles. The van der Waals surface area contributed by atoms with Gasteiger partial charge < -0.3 is 10.6 Å². The Labute approximate surface area is 111 Å². The molecule has 0 saturated carbocycles. The number of nitrogens with zero attached hydrogens (tertiary/aromatic N) is 3. The molecule has 1 fully saturated rings. The molecule has 92 valence electrons. The van der Waals surface area contributed by atoms with Gasteiger partial charge in [0.1, 0.15) is 16.5 Å². The highest BCUT2D eigenvalue weighted by Gasteiger charge is 2.20. The minimum Gasteiger partial charge on any atom is -0.388 e. The summed E-state index contributed by atoms with van der Waals surface area (Å²) in [6, 6.07) is 0. The second kappa shape index (κ2) is 5.64. The maximum absolute atomic E-state index is 5.50. The lowest BCUT2D eigenvalue weighted by Gasteiger charge is -2.32. The van der Waals surface area contributed by atoms with Crippen LogP contribution in [0.3, 0.4) is 0 Å². The van der Waals surface area contributed by atoms with Gasteiger partial charge in [-0.15, -0.1) is 0 Å². The van der Waals surface area contributed by atoms with E-state index in [0.29, 0.717) is 15.9 Å². The van der Waals surface area contributed by atoms with Crippen LogP contribution in [-0.4, -0.2) is 39.0 Å². The minimum atomic E-state index is 0.296. The number of rotatable bonds is 3. The van der Waals surface area contributed by atoms with E-state index in [1.165, 1.54) is 6.42 Å². The molecule has 0 bridgehead atoms. The quantitative estimate of drug-likeness (QED) is 0.837. The van der Waals surface area contributed by atoms with Gasteiger partial charge in [-0.05, 0) is 6.42 Å². The van der Waals surface area contributed by atoms with Gasteiger partial charge in [0.15, 0.2) is 0 Å². The zero-order valence-electron chi connectivity index (χ0n) is 9.80. The predicted octanol–water partition coefficient (Wildman–Crippen LogP) is 1.44. The summed E-state index contributed by atoms with van der Waals surface area (Å²) in [5.41, 5.74) is 6.08. The molecule has 1 aromatic heterocycles. The Balaban J connectivity index is 2.08. The average molecular weight is 268 g/mol. The summed E-state index contributed by atoms with van der Waals surface area (Å²) in [6.45, 7) is 4.30. The summed E-state index contributed by atoms with van der Waals surface area (Å²) in [4.78, 5) is 11.2. The lowest BCUT2D eigenvalue weighted by atomic mass is 10.3. The van der Waals surface area contributed by atoms with Crippen molar-refractivity contribution in [2.75, 3.05) is 23.7 Å². The van der Waals surface area contributed by atoms with E-state index in [9.17, 15) is 0 Å². The van der Waals surface area contributed by atoms with Crippen LogP contribution >= 0.6 is 24.0 Å². The first kappa shape index (κ1) is 12.6. The Bertz CT molecular complexity index is 393. The second-order valence-corrected chi connectivity index (χ2v) is 5.82. The number of thiocarbonyl (C=S) groups is 1. The van der Waals surface area contributed by atoms with Crippen LogP contribution in [0.2, 0.25) is 0 Å². The number of hydrogen-bond acceptors (Lipinski definition) is 5. The number of nitrogens with two attached hydrogens (primary N) is 1. The fraction of sp³-hybridized carbons (Fsp3) is 0.545. The number of aromatic nitrogens is 2. The van der Waals surface area contributed by atoms with Gasteiger partial charge in [-0.25, -0.2) is 9.97 Å². The van der Waals surface area contributed by atoms with Gasteiger partial charge >= 0.3 is 0 Å². The average Bonchev–Trinajstić information content (AvgIpc) is 2.39. The Kier molecular flexibility index (Phi) is 4.17. The zero-order valence-corrected chi connectivity index (χ0v) is 11.4. The summed E-state index contributed by atoms with van der Waals surface area (Å²) < 4.78 is 0. The summed E-state index contributed by atoms with van der Waals surface area (Å²) in [5, 5.41) is 0.695. The SMILES string of the molecule is CCC1CN(c2cnc(C(N)=S)cn2)CCS1. The van der Waals surface area contributed by atoms with Crippen LogP contribution in [0.1, 0.15) is 19.0 Å². The van der Waals surface area contributed by atoms with Crippen molar-refractivity contribution in [1.29, 1.82) is 0 Å². The van der Waals surface area contributed by atoms with Crippen LogP contribution in [0.4, 0.5) is 5.82 Å². The monoisotopic (exact) mass is 268 g/mol. The normalized spacial score (nSPS) is 20.3. The molecule has 0 aliphatic carbocycles. The molecule has 1 aliphatic rings. The number of anilines is 1. The molecule has 0 spiro atoms. The molecule has 2 N–H and O–H groups in total. The third-order valence-corrected chi connectivity index (χ3v) is 4.39. The third-order valence-electron chi connectivity index (χ3n) is 2.81. The Morgan fingerprint density at radius 2 is 2.41 bits per heavy atom. The fourth-order valence-corrected chi connectivity index (χ4v) is 3.07. The molecular weight excluding hydrogens is 252 g/mol. The summed E-state index contributed by atoms with van der Waals surface area (Å²) in [7, 11) is 0. The fourth-order valence-electron chi connectivity index (χ4n) is 1.79. The Morgan fingerprint density at radius 3 is 3.00 bits per heavy atom. The van der Waals surface area contributed by atoms with Gasteiger partial charge in [0.05, 0.1) is 12.4 Å². The van der Waals surface area contributed by atoms with Crippen LogP contribution in [0, 0.1) is 0 Å². The highest BCUT2D eigenvalue weighted by Crippen LogP contribution is 2.24. The van der Waals surface area contributed by atoms with Crippen LogP contribution in [0.15, 0.2) is 12.4 Å². The first-order valence-electron chi connectivity index (χ1n) is 5.69. The molecule has 17 heavy (non-hydrogen) atoms. The first-order chi connectivity index (χ1) is 8.20. The molecule has 0 radical (unpaired) electrons. The first-order valence-corrected chi connectivity index (χ1v) is 7.14. The number of hydrogen-bond donors (Lipinski definition) is 1. The molecule has 1 atom stereocenters. The van der Waals surface area contributed by atoms with E-state index in [-0.39, 0.29) is 0 Å². The van der Waals surface area contributed by atoms with Crippen LogP contribution in [0.5, 0.6) is 0 Å². The summed E-state index contributed by atoms with van der Waals surface area (Å²) >= 11 is 6.90. The topological polar surface area (TPSA) is 55.0 Å². The van der Waals surface area contributed by atoms with E-state index >= 15 is 0 Å². The second-order valence-electron chi connectivity index (χ2n) is 3.97. The number of thioether (sulfide) groups is 1. The van der Waals surface area contributed by atoms with Gasteiger partial charge in [0.2, 0.25) is 0 Å². The molecule has 1 aromatic rings. The smallest absolute Gasteiger partial charge is 0.147 e. The largest absolute Gasteiger partial charge is 0.388 e. The van der Waals surface area contributed by atoms with Gasteiger partial charge in [-0.2, -0.15) is 11.8 Å². The van der Waals surface area contributed by atoms with E-state index in [2.05, 4.69) is 21.8 Å². The van der Waals surface area contributed by atoms with Crippen molar-refractivity contribution in [1.82, 2.24) is 9.97 Å². The van der Waals surface area contributed by atoms with Crippen molar-refractivity contribution < 1.29 is 0 Å². The van der Waals surface area contributed by atoms with Crippen LogP contribution in [0.25, 0.3) is 0 Å². The van der Waals surface area contributed by atoms with E-state index in [0.717, 1.165) is 24.7 Å². The van der Waals surface area contributed by atoms with E-state index in [1.807, 2.05) is 11.8 Å². The lowest BCUT2D eigenvalue weighted by Crippen LogP contribution is -2.38. The van der Waals surface area contributed by atoms with Crippen molar-refractivity contribution in [3.63, 3.8) is 0 Å². The van der Waals surface area contributed by atoms with Crippen LogP contribution in [-0.2, 0) is 0 Å². The van der Waals surface area contributed by atoms with Crippen molar-refractivity contribution in [3.8, 4) is 0 Å². The maximum atomic E-state index is 5.50. The standard InChI is InChI=1S/C11H16N4S2/c1-2-8-7-15(3-4-17-8)10-6-13-9(5-14-10)11(12)16/h5-6,8H,2-4,7H2,1H3,(H2,12,16). The molecule has 2 heterocycles. The van der Waals surface area contributed by atoms with Crippen LogP contribution < -0.4 is 10.6 Å². The summed E-state index contributed by atoms with van der Waals surface area (Å²) in [6.07, 6.45) is 4.61. The lowest BCUT2D eigenvalue weighted by molar-refractivity contribution is 0.718. The van der Waals surface area contributed by atoms with Crippen molar-refractivity contribution in [2.45, 2.75) is 18.6 Å². The highest BCUT2D eigenvalue weighted by molar-refractivity contribution is 8.00. The predicted molar refractivity (Wildman–Crippen MR) is 76.7 cm³/mol. The Hall–Kier alpha value is -0.880. The molecule has 2 rings (SSSR count). The van der Waals surface area contributed by atoms with Gasteiger partial charge in [0.25, 0.3) is 0 Å². The molecule has 6 heteroatoms. The molecule has 0 aromatic carbocycles. The van der Waals surface area contributed by atoms with E-state index in [4.69, 9.17) is 18.0 Å². The van der Waals surface area contributed by atoms with Gasteiger partial charge in [-0.1, -0.05) is 19.1 Å². The van der Waals surface area contributed by atoms with Crippen molar-refractivity contribution in [2.24, 2.45) is 5.73 Å². The molecule has 1 saturated heterocycles. The molecule has 4 nitrogen and oxygen atoms in total. The Morgan fingerprint density at radius 1 is 1.59 bits per heavy atom. The third kappa shape index (κ3) is 3.07. The highest BCUT2D eigenvalue weighted by atomic mass is 32.2. The molecular formula is C11H16N4S2.